The maximum Gasteiger partial charge on any atom is 0.211 e. The summed E-state index contributed by atoms with van der Waals surface area (Å²) >= 11 is 0. The summed E-state index contributed by atoms with van der Waals surface area (Å²) in [5.74, 6) is 0.701. The van der Waals surface area contributed by atoms with Crippen LogP contribution < -0.4 is 16.2 Å². The Hall–Kier alpha value is -3.08. The Balaban J connectivity index is 2.37. The molecule has 0 aromatic heterocycles. The highest BCUT2D eigenvalue weighted by molar-refractivity contribution is 6.11. The predicted molar refractivity (Wildman–Crippen MR) is 90.8 cm³/mol. The average molecular weight is 294 g/mol. The molecule has 0 amide bonds. The van der Waals surface area contributed by atoms with Gasteiger partial charge < -0.3 is 16.2 Å². The summed E-state index contributed by atoms with van der Waals surface area (Å²) in [6.45, 7) is 0. The molecule has 4 N–H and O–H groups in total. The van der Waals surface area contributed by atoms with Gasteiger partial charge in [-0.3, -0.25) is 0 Å². The molecule has 0 bridgehead atoms. The van der Waals surface area contributed by atoms with Crippen molar-refractivity contribution in [3.63, 3.8) is 0 Å². The van der Waals surface area contributed by atoms with E-state index in [4.69, 9.17) is 16.2 Å². The van der Waals surface area contributed by atoms with Crippen LogP contribution in [-0.2, 0) is 0 Å². The molecule has 0 spiro atoms. The Morgan fingerprint density at radius 3 is 2.32 bits per heavy atom. The highest BCUT2D eigenvalue weighted by Gasteiger charge is 2.01. The number of nitrogens with two attached hydrogens (primary N) is 2. The van der Waals surface area contributed by atoms with Gasteiger partial charge in [-0.2, -0.15) is 0 Å². The molecular weight excluding hydrogens is 276 g/mol. The summed E-state index contributed by atoms with van der Waals surface area (Å²) in [4.78, 5) is 0. The molecule has 0 aliphatic rings. The number of para-hydroxylation sites is 1. The van der Waals surface area contributed by atoms with E-state index in [9.17, 15) is 0 Å². The molecule has 0 atom stereocenters. The van der Waals surface area contributed by atoms with Crippen LogP contribution in [0.25, 0.3) is 6.08 Å². The number of methoxy groups -OCH3 is 1. The van der Waals surface area contributed by atoms with Gasteiger partial charge in [-0.15, -0.1) is 10.2 Å². The van der Waals surface area contributed by atoms with Crippen molar-refractivity contribution in [1.29, 1.82) is 0 Å². The summed E-state index contributed by atoms with van der Waals surface area (Å²) < 4.78 is 5.32. The molecule has 22 heavy (non-hydrogen) atoms. The standard InChI is InChI=1S/C17H18N4O/c1-22-16-10-6-5-9-14(16)11-12-15(20-21-17(18)19)13-7-3-2-4-8-13/h2-12H,1H3,(H4,18,19,21)/b12-11+,20-15-. The zero-order chi connectivity index (χ0) is 15.8. The molecule has 5 nitrogen and oxygen atoms in total. The second-order valence-corrected chi connectivity index (χ2v) is 4.45. The van der Waals surface area contributed by atoms with E-state index in [1.165, 1.54) is 0 Å². The topological polar surface area (TPSA) is 86.0 Å². The number of ether oxygens (including phenoxy) is 1. The van der Waals surface area contributed by atoms with E-state index >= 15 is 0 Å². The van der Waals surface area contributed by atoms with Gasteiger partial charge in [0, 0.05) is 11.1 Å². The third-order valence-electron chi connectivity index (χ3n) is 2.90. The van der Waals surface area contributed by atoms with Crippen LogP contribution in [0.4, 0.5) is 0 Å². The molecule has 0 heterocycles. The second-order valence-electron chi connectivity index (χ2n) is 4.45. The fraction of sp³-hybridized carbons (Fsp3) is 0.0588. The molecule has 2 rings (SSSR count). The zero-order valence-corrected chi connectivity index (χ0v) is 12.3. The first-order valence-corrected chi connectivity index (χ1v) is 6.74. The van der Waals surface area contributed by atoms with Crippen LogP contribution in [-0.4, -0.2) is 18.8 Å². The first kappa shape index (κ1) is 15.3. The van der Waals surface area contributed by atoms with E-state index in [-0.39, 0.29) is 5.96 Å². The Morgan fingerprint density at radius 1 is 0.955 bits per heavy atom. The largest absolute Gasteiger partial charge is 0.496 e. The predicted octanol–water partition coefficient (Wildman–Crippen LogP) is 2.39. The lowest BCUT2D eigenvalue weighted by Crippen LogP contribution is -2.22. The minimum absolute atomic E-state index is 0.0841. The smallest absolute Gasteiger partial charge is 0.211 e. The zero-order valence-electron chi connectivity index (χ0n) is 12.3. The molecule has 0 saturated heterocycles. The maximum absolute atomic E-state index is 5.35. The van der Waals surface area contributed by atoms with Gasteiger partial charge in [-0.05, 0) is 18.2 Å². The van der Waals surface area contributed by atoms with Gasteiger partial charge >= 0.3 is 0 Å². The van der Waals surface area contributed by atoms with Crippen molar-refractivity contribution in [2.45, 2.75) is 0 Å². The van der Waals surface area contributed by atoms with Gasteiger partial charge in [0.05, 0.1) is 12.8 Å². The molecule has 0 saturated carbocycles. The molecule has 0 aliphatic heterocycles. The lowest BCUT2D eigenvalue weighted by molar-refractivity contribution is 0.414. The molecule has 0 unspecified atom stereocenters. The van der Waals surface area contributed by atoms with E-state index < -0.39 is 0 Å². The minimum atomic E-state index is -0.0841. The van der Waals surface area contributed by atoms with Crippen molar-refractivity contribution in [2.24, 2.45) is 21.7 Å². The lowest BCUT2D eigenvalue weighted by atomic mass is 10.1. The van der Waals surface area contributed by atoms with E-state index in [1.54, 1.807) is 7.11 Å². The van der Waals surface area contributed by atoms with E-state index in [1.807, 2.05) is 66.7 Å². The molecule has 2 aromatic rings. The third-order valence-corrected chi connectivity index (χ3v) is 2.90. The van der Waals surface area contributed by atoms with Gasteiger partial charge in [0.15, 0.2) is 0 Å². The SMILES string of the molecule is COc1ccccc1/C=C/C(=N/N=C(N)N)c1ccccc1. The number of hydrogen-bond donors (Lipinski definition) is 2. The number of guanidine groups is 1. The monoisotopic (exact) mass is 294 g/mol. The number of nitrogens with zero attached hydrogens (tertiary/aromatic N) is 2. The van der Waals surface area contributed by atoms with Gasteiger partial charge in [-0.1, -0.05) is 48.5 Å². The van der Waals surface area contributed by atoms with E-state index in [0.717, 1.165) is 16.9 Å². The van der Waals surface area contributed by atoms with Crippen LogP contribution in [0.3, 0.4) is 0 Å². The fourth-order valence-electron chi connectivity index (χ4n) is 1.88. The molecular formula is C17H18N4O. The Bertz CT molecular complexity index is 702. The summed E-state index contributed by atoms with van der Waals surface area (Å²) in [6.07, 6.45) is 3.76. The van der Waals surface area contributed by atoms with Crippen molar-refractivity contribution in [3.8, 4) is 5.75 Å². The average Bonchev–Trinajstić information content (AvgIpc) is 2.55. The second kappa shape index (κ2) is 7.64. The van der Waals surface area contributed by atoms with Crippen molar-refractivity contribution in [3.05, 3.63) is 71.8 Å². The molecule has 0 radical (unpaired) electrons. The number of allylic oxidation sites excluding steroid dienone is 1. The molecule has 0 aliphatic carbocycles. The highest BCUT2D eigenvalue weighted by atomic mass is 16.5. The number of rotatable bonds is 5. The first-order chi connectivity index (χ1) is 10.7. The maximum atomic E-state index is 5.35. The van der Waals surface area contributed by atoms with Crippen LogP contribution in [0.1, 0.15) is 11.1 Å². The molecule has 2 aromatic carbocycles. The van der Waals surface area contributed by atoms with Crippen LogP contribution in [0.2, 0.25) is 0 Å². The molecule has 0 fully saturated rings. The van der Waals surface area contributed by atoms with Crippen molar-refractivity contribution < 1.29 is 4.74 Å². The summed E-state index contributed by atoms with van der Waals surface area (Å²) in [6, 6.07) is 17.4. The van der Waals surface area contributed by atoms with Gasteiger partial charge in [0.1, 0.15) is 5.75 Å². The fourth-order valence-corrected chi connectivity index (χ4v) is 1.88. The number of hydrogen-bond acceptors (Lipinski definition) is 3. The van der Waals surface area contributed by atoms with Gasteiger partial charge in [0.2, 0.25) is 5.96 Å². The van der Waals surface area contributed by atoms with E-state index in [0.29, 0.717) is 5.71 Å². The van der Waals surface area contributed by atoms with Crippen molar-refractivity contribution in [1.82, 2.24) is 0 Å². The van der Waals surface area contributed by atoms with Crippen LogP contribution in [0.15, 0.2) is 70.9 Å². The molecule has 112 valence electrons. The summed E-state index contributed by atoms with van der Waals surface area (Å²) in [5, 5.41) is 7.82. The quantitative estimate of drug-likeness (QED) is 0.504. The third kappa shape index (κ3) is 4.21. The van der Waals surface area contributed by atoms with Crippen LogP contribution in [0, 0.1) is 0 Å². The van der Waals surface area contributed by atoms with Crippen molar-refractivity contribution in [2.75, 3.05) is 7.11 Å². The van der Waals surface area contributed by atoms with Crippen LogP contribution in [0.5, 0.6) is 5.75 Å². The normalized spacial score (nSPS) is 11.4. The van der Waals surface area contributed by atoms with Gasteiger partial charge in [-0.25, -0.2) is 0 Å². The minimum Gasteiger partial charge on any atom is -0.496 e. The van der Waals surface area contributed by atoms with Crippen LogP contribution >= 0.6 is 0 Å². The van der Waals surface area contributed by atoms with Crippen molar-refractivity contribution >= 4 is 17.7 Å². The number of benzene rings is 2. The Kier molecular flexibility index (Phi) is 5.31. The van der Waals surface area contributed by atoms with E-state index in [2.05, 4.69) is 10.2 Å². The first-order valence-electron chi connectivity index (χ1n) is 6.74. The Morgan fingerprint density at radius 2 is 1.64 bits per heavy atom. The van der Waals surface area contributed by atoms with Gasteiger partial charge in [0.25, 0.3) is 0 Å². The Labute approximate surface area is 129 Å². The lowest BCUT2D eigenvalue weighted by Gasteiger charge is -2.04. The summed E-state index contributed by atoms with van der Waals surface area (Å²) in [7, 11) is 1.64. The highest BCUT2D eigenvalue weighted by Crippen LogP contribution is 2.19. The summed E-state index contributed by atoms with van der Waals surface area (Å²) in [5.41, 5.74) is 13.2. The molecule has 5 heteroatoms.